The van der Waals surface area contributed by atoms with Gasteiger partial charge in [0.2, 0.25) is 5.91 Å². The highest BCUT2D eigenvalue weighted by atomic mass is 35.5. The van der Waals surface area contributed by atoms with E-state index in [0.717, 1.165) is 11.1 Å². The number of hydrogen-bond donors (Lipinski definition) is 1. The van der Waals surface area contributed by atoms with Crippen molar-refractivity contribution in [2.45, 2.75) is 5.22 Å². The van der Waals surface area contributed by atoms with Crippen molar-refractivity contribution in [1.82, 2.24) is 9.97 Å². The van der Waals surface area contributed by atoms with Gasteiger partial charge >= 0.3 is 0 Å². The number of aromatic nitrogens is 2. The fraction of sp³-hybridized carbons (Fsp3) is 0.0556. The summed E-state index contributed by atoms with van der Waals surface area (Å²) in [5, 5.41) is 6.64. The van der Waals surface area contributed by atoms with E-state index >= 15 is 0 Å². The second kappa shape index (κ2) is 7.90. The normalized spacial score (nSPS) is 11.0. The molecule has 0 atom stereocenters. The van der Waals surface area contributed by atoms with Crippen LogP contribution in [0.15, 0.2) is 57.5 Å². The number of para-hydroxylation sites is 2. The monoisotopic (exact) mass is 435 g/mol. The van der Waals surface area contributed by atoms with E-state index < -0.39 is 0 Å². The molecule has 0 unspecified atom stereocenters. The summed E-state index contributed by atoms with van der Waals surface area (Å²) in [6.07, 6.45) is 0. The molecule has 5 nitrogen and oxygen atoms in total. The number of thioether (sulfide) groups is 1. The van der Waals surface area contributed by atoms with Gasteiger partial charge in [-0.05, 0) is 30.3 Å². The molecule has 0 aliphatic carbocycles. The molecule has 27 heavy (non-hydrogen) atoms. The van der Waals surface area contributed by atoms with E-state index in [1.54, 1.807) is 18.2 Å². The third-order valence-electron chi connectivity index (χ3n) is 3.56. The van der Waals surface area contributed by atoms with Crippen molar-refractivity contribution in [2.75, 3.05) is 11.1 Å². The molecule has 0 fully saturated rings. The van der Waals surface area contributed by atoms with Gasteiger partial charge in [0, 0.05) is 16.0 Å². The molecule has 9 heteroatoms. The largest absolute Gasteiger partial charge is 0.431 e. The lowest BCUT2D eigenvalue weighted by Gasteiger charge is -2.01. The average molecular weight is 436 g/mol. The van der Waals surface area contributed by atoms with E-state index in [1.807, 2.05) is 29.6 Å². The van der Waals surface area contributed by atoms with Gasteiger partial charge < -0.3 is 9.73 Å². The summed E-state index contributed by atoms with van der Waals surface area (Å²) in [5.41, 5.74) is 2.91. The molecule has 2 heterocycles. The molecule has 0 aliphatic rings. The molecular formula is C18H11Cl2N3O2S2. The Morgan fingerprint density at radius 3 is 2.85 bits per heavy atom. The van der Waals surface area contributed by atoms with E-state index in [0.29, 0.717) is 31.7 Å². The van der Waals surface area contributed by atoms with Crippen LogP contribution in [0.4, 0.5) is 5.13 Å². The van der Waals surface area contributed by atoms with Crippen molar-refractivity contribution >= 4 is 68.4 Å². The lowest BCUT2D eigenvalue weighted by atomic mass is 10.2. The van der Waals surface area contributed by atoms with Crippen LogP contribution in [0.1, 0.15) is 0 Å². The number of anilines is 1. The van der Waals surface area contributed by atoms with Crippen LogP contribution < -0.4 is 5.32 Å². The van der Waals surface area contributed by atoms with Gasteiger partial charge in [0.05, 0.1) is 16.5 Å². The van der Waals surface area contributed by atoms with Gasteiger partial charge in [-0.3, -0.25) is 4.79 Å². The summed E-state index contributed by atoms with van der Waals surface area (Å²) in [4.78, 5) is 20.9. The molecule has 0 saturated heterocycles. The minimum atomic E-state index is -0.189. The molecule has 0 saturated carbocycles. The fourth-order valence-electron chi connectivity index (χ4n) is 2.35. The smallest absolute Gasteiger partial charge is 0.257 e. The minimum Gasteiger partial charge on any atom is -0.431 e. The summed E-state index contributed by atoms with van der Waals surface area (Å²) in [6.45, 7) is 0. The van der Waals surface area contributed by atoms with Gasteiger partial charge in [-0.25, -0.2) is 9.97 Å². The molecule has 0 aliphatic heterocycles. The van der Waals surface area contributed by atoms with Gasteiger partial charge in [-0.1, -0.05) is 47.1 Å². The molecular weight excluding hydrogens is 425 g/mol. The molecule has 2 aromatic heterocycles. The molecule has 1 amide bonds. The predicted octanol–water partition coefficient (Wildman–Crippen LogP) is 5.99. The number of halogens is 2. The van der Waals surface area contributed by atoms with Crippen LogP contribution in [0.2, 0.25) is 10.0 Å². The maximum atomic E-state index is 12.2. The highest BCUT2D eigenvalue weighted by Crippen LogP contribution is 2.32. The summed E-state index contributed by atoms with van der Waals surface area (Å²) in [6, 6.07) is 12.7. The zero-order valence-electron chi connectivity index (χ0n) is 13.6. The minimum absolute atomic E-state index is 0.170. The van der Waals surface area contributed by atoms with E-state index in [2.05, 4.69) is 15.3 Å². The van der Waals surface area contributed by atoms with Gasteiger partial charge in [-0.15, -0.1) is 11.3 Å². The standard InChI is InChI=1S/C18H11Cl2N3O2S2/c19-10-5-6-11(12(20)7-10)14-8-26-17(21-14)23-16(24)9-27-18-22-13-3-1-2-4-15(13)25-18/h1-8H,9H2,(H,21,23,24). The quantitative estimate of drug-likeness (QED) is 0.389. The molecule has 0 bridgehead atoms. The number of rotatable bonds is 5. The number of nitrogens with one attached hydrogen (secondary N) is 1. The second-order valence-corrected chi connectivity index (χ2v) is 8.07. The zero-order chi connectivity index (χ0) is 18.8. The lowest BCUT2D eigenvalue weighted by Crippen LogP contribution is -2.13. The summed E-state index contributed by atoms with van der Waals surface area (Å²) < 4.78 is 5.59. The third kappa shape index (κ3) is 4.27. The first-order valence-corrected chi connectivity index (χ1v) is 10.4. The van der Waals surface area contributed by atoms with Gasteiger partial charge in [-0.2, -0.15) is 0 Å². The van der Waals surface area contributed by atoms with Crippen LogP contribution in [0.5, 0.6) is 0 Å². The SMILES string of the molecule is O=C(CSc1nc2ccccc2o1)Nc1nc(-c2ccc(Cl)cc2Cl)cs1. The van der Waals surface area contributed by atoms with Crippen LogP contribution in [-0.4, -0.2) is 21.6 Å². The van der Waals surface area contributed by atoms with Crippen molar-refractivity contribution in [2.24, 2.45) is 0 Å². The summed E-state index contributed by atoms with van der Waals surface area (Å²) in [7, 11) is 0. The van der Waals surface area contributed by atoms with Crippen LogP contribution in [0, 0.1) is 0 Å². The fourth-order valence-corrected chi connectivity index (χ4v) is 4.22. The van der Waals surface area contributed by atoms with E-state index in [9.17, 15) is 4.79 Å². The van der Waals surface area contributed by atoms with Crippen molar-refractivity contribution in [3.05, 3.63) is 57.9 Å². The Hall–Kier alpha value is -2.06. The van der Waals surface area contributed by atoms with Crippen molar-refractivity contribution in [3.8, 4) is 11.3 Å². The number of hydrogen-bond acceptors (Lipinski definition) is 6. The summed E-state index contributed by atoms with van der Waals surface area (Å²) >= 11 is 14.7. The Bertz CT molecular complexity index is 1090. The van der Waals surface area contributed by atoms with Crippen LogP contribution >= 0.6 is 46.3 Å². The number of nitrogens with zero attached hydrogens (tertiary/aromatic N) is 2. The number of carbonyl (C=O) groups excluding carboxylic acids is 1. The Balaban J connectivity index is 1.39. The molecule has 0 spiro atoms. The van der Waals surface area contributed by atoms with E-state index in [4.69, 9.17) is 27.6 Å². The first-order valence-electron chi connectivity index (χ1n) is 7.78. The molecule has 4 rings (SSSR count). The average Bonchev–Trinajstić information content (AvgIpc) is 3.26. The molecule has 2 aromatic carbocycles. The summed E-state index contributed by atoms with van der Waals surface area (Å²) in [5.74, 6) is -0.0194. The van der Waals surface area contributed by atoms with Crippen LogP contribution in [-0.2, 0) is 4.79 Å². The first kappa shape index (κ1) is 18.3. The number of fused-ring (bicyclic) bond motifs is 1. The van der Waals surface area contributed by atoms with Gasteiger partial charge in [0.1, 0.15) is 5.52 Å². The van der Waals surface area contributed by atoms with Crippen molar-refractivity contribution < 1.29 is 9.21 Å². The van der Waals surface area contributed by atoms with Gasteiger partial charge in [0.15, 0.2) is 10.7 Å². The topological polar surface area (TPSA) is 68.0 Å². The highest BCUT2D eigenvalue weighted by molar-refractivity contribution is 7.99. The van der Waals surface area contributed by atoms with Gasteiger partial charge in [0.25, 0.3) is 5.22 Å². The molecule has 136 valence electrons. The maximum absolute atomic E-state index is 12.2. The Morgan fingerprint density at radius 1 is 1.19 bits per heavy atom. The number of oxazole rings is 1. The van der Waals surface area contributed by atoms with Crippen molar-refractivity contribution in [3.63, 3.8) is 0 Å². The maximum Gasteiger partial charge on any atom is 0.257 e. The van der Waals surface area contributed by atoms with Crippen molar-refractivity contribution in [1.29, 1.82) is 0 Å². The Morgan fingerprint density at radius 2 is 2.04 bits per heavy atom. The molecule has 1 N–H and O–H groups in total. The van der Waals surface area contributed by atoms with E-state index in [1.165, 1.54) is 23.1 Å². The van der Waals surface area contributed by atoms with Crippen LogP contribution in [0.3, 0.4) is 0 Å². The number of benzene rings is 2. The Labute approximate surface area is 172 Å². The molecule has 0 radical (unpaired) electrons. The van der Waals surface area contributed by atoms with E-state index in [-0.39, 0.29) is 11.7 Å². The highest BCUT2D eigenvalue weighted by Gasteiger charge is 2.13. The number of amides is 1. The first-order chi connectivity index (χ1) is 13.1. The third-order valence-corrected chi connectivity index (χ3v) is 5.69. The lowest BCUT2D eigenvalue weighted by molar-refractivity contribution is -0.113. The number of carbonyl (C=O) groups is 1. The van der Waals surface area contributed by atoms with Crippen LogP contribution in [0.25, 0.3) is 22.4 Å². The predicted molar refractivity (Wildman–Crippen MR) is 111 cm³/mol. The number of thiazole rings is 1. The molecule has 4 aromatic rings. The second-order valence-electron chi connectivity index (χ2n) is 5.45. The zero-order valence-corrected chi connectivity index (χ0v) is 16.8. The Kier molecular flexibility index (Phi) is 5.36.